The van der Waals surface area contributed by atoms with Gasteiger partial charge in [-0.25, -0.2) is 0 Å². The molecule has 0 N–H and O–H groups in total. The Morgan fingerprint density at radius 2 is 1.59 bits per heavy atom. The average Bonchev–Trinajstić information content (AvgIpc) is 2.98. The van der Waals surface area contributed by atoms with E-state index in [2.05, 4.69) is 70.1 Å². The Bertz CT molecular complexity index is 953. The van der Waals surface area contributed by atoms with Crippen LogP contribution in [0.3, 0.4) is 0 Å². The number of piperidine rings is 1. The zero-order valence-electron chi connectivity index (χ0n) is 21.7. The van der Waals surface area contributed by atoms with Crippen LogP contribution < -0.4 is 4.43 Å². The summed E-state index contributed by atoms with van der Waals surface area (Å²) in [5.41, 5.74) is 2.14. The molecule has 34 heavy (non-hydrogen) atoms. The predicted molar refractivity (Wildman–Crippen MR) is 141 cm³/mol. The van der Waals surface area contributed by atoms with Crippen LogP contribution in [0, 0.1) is 0 Å². The average molecular weight is 480 g/mol. The lowest BCUT2D eigenvalue weighted by Gasteiger charge is -2.36. The Labute approximate surface area is 206 Å². The Hall–Kier alpha value is -2.11. The van der Waals surface area contributed by atoms with Gasteiger partial charge in [0.1, 0.15) is 11.9 Å². The first-order chi connectivity index (χ1) is 16.0. The molecule has 4 atom stereocenters. The van der Waals surface area contributed by atoms with Crippen molar-refractivity contribution in [2.45, 2.75) is 95.1 Å². The fraction of sp³-hybridized carbons (Fsp3) is 0.552. The summed E-state index contributed by atoms with van der Waals surface area (Å²) in [6.45, 7) is 11.3. The van der Waals surface area contributed by atoms with E-state index in [0.29, 0.717) is 18.5 Å². The van der Waals surface area contributed by atoms with Crippen LogP contribution in [0.4, 0.5) is 0 Å². The number of fused-ring (bicyclic) bond motifs is 2. The molecule has 2 heterocycles. The molecule has 0 aromatic heterocycles. The molecule has 2 bridgehead atoms. The Kier molecular flexibility index (Phi) is 7.25. The van der Waals surface area contributed by atoms with Crippen molar-refractivity contribution in [3.05, 3.63) is 65.7 Å². The number of hydrogen-bond donors (Lipinski definition) is 0. The minimum Gasteiger partial charge on any atom is -0.544 e. The predicted octanol–water partition coefficient (Wildman–Crippen LogP) is 6.57. The Morgan fingerprint density at radius 3 is 2.15 bits per heavy atom. The minimum absolute atomic E-state index is 0.0350. The molecule has 0 amide bonds. The number of esters is 1. The monoisotopic (exact) mass is 479 g/mol. The molecule has 2 aliphatic rings. The van der Waals surface area contributed by atoms with Crippen molar-refractivity contribution >= 4 is 14.3 Å². The summed E-state index contributed by atoms with van der Waals surface area (Å²) in [7, 11) is 0.334. The lowest BCUT2D eigenvalue weighted by molar-refractivity contribution is -0.154. The zero-order valence-corrected chi connectivity index (χ0v) is 22.7. The first kappa shape index (κ1) is 25.0. The van der Waals surface area contributed by atoms with Crippen LogP contribution in [0.15, 0.2) is 54.6 Å². The molecule has 2 aromatic carbocycles. The van der Waals surface area contributed by atoms with Crippen LogP contribution in [0.25, 0.3) is 0 Å². The summed E-state index contributed by atoms with van der Waals surface area (Å²) < 4.78 is 12.6. The second kappa shape index (κ2) is 9.86. The molecule has 5 heteroatoms. The van der Waals surface area contributed by atoms with Crippen LogP contribution >= 0.6 is 0 Å². The third-order valence-electron chi connectivity index (χ3n) is 8.37. The normalized spacial score (nSPS) is 24.0. The van der Waals surface area contributed by atoms with Crippen molar-refractivity contribution in [1.29, 1.82) is 0 Å². The van der Waals surface area contributed by atoms with Gasteiger partial charge in [-0.1, -0.05) is 63.2 Å². The van der Waals surface area contributed by atoms with Crippen LogP contribution in [-0.2, 0) is 16.0 Å². The van der Waals surface area contributed by atoms with E-state index in [0.717, 1.165) is 29.7 Å². The summed E-state index contributed by atoms with van der Waals surface area (Å²) in [4.78, 5) is 15.9. The van der Waals surface area contributed by atoms with E-state index < -0.39 is 8.32 Å². The summed E-state index contributed by atoms with van der Waals surface area (Å²) in [6.07, 6.45) is 5.02. The number of rotatable bonds is 7. The van der Waals surface area contributed by atoms with Gasteiger partial charge in [0.25, 0.3) is 0 Å². The van der Waals surface area contributed by atoms with Gasteiger partial charge in [-0.05, 0) is 80.5 Å². The highest BCUT2D eigenvalue weighted by Crippen LogP contribution is 2.38. The fourth-order valence-electron chi connectivity index (χ4n) is 5.10. The molecule has 0 aliphatic carbocycles. The van der Waals surface area contributed by atoms with Crippen LogP contribution in [0.5, 0.6) is 5.75 Å². The molecular formula is C29H41NO3Si. The minimum atomic E-state index is -1.88. The lowest BCUT2D eigenvalue weighted by atomic mass is 9.91. The van der Waals surface area contributed by atoms with Gasteiger partial charge < -0.3 is 14.1 Å². The van der Waals surface area contributed by atoms with Crippen molar-refractivity contribution in [3.8, 4) is 5.75 Å². The molecule has 1 unspecified atom stereocenters. The largest absolute Gasteiger partial charge is 0.544 e. The zero-order chi connectivity index (χ0) is 24.5. The van der Waals surface area contributed by atoms with Gasteiger partial charge >= 0.3 is 5.97 Å². The van der Waals surface area contributed by atoms with E-state index in [4.69, 9.17) is 9.16 Å². The van der Waals surface area contributed by atoms with E-state index >= 15 is 0 Å². The Morgan fingerprint density at radius 1 is 1.00 bits per heavy atom. The maximum atomic E-state index is 13.4. The molecule has 4 nitrogen and oxygen atoms in total. The number of hydrogen-bond acceptors (Lipinski definition) is 4. The second-order valence-corrected chi connectivity index (χ2v) is 16.5. The first-order valence-corrected chi connectivity index (χ1v) is 15.7. The van der Waals surface area contributed by atoms with Crippen molar-refractivity contribution in [2.75, 3.05) is 7.05 Å². The molecular weight excluding hydrogens is 438 g/mol. The molecule has 184 valence electrons. The quantitative estimate of drug-likeness (QED) is 0.333. The fourth-order valence-corrected chi connectivity index (χ4v) is 6.14. The van der Waals surface area contributed by atoms with Gasteiger partial charge in [-0.3, -0.25) is 4.79 Å². The van der Waals surface area contributed by atoms with Crippen molar-refractivity contribution in [1.82, 2.24) is 4.90 Å². The molecule has 2 saturated heterocycles. The van der Waals surface area contributed by atoms with E-state index in [1.165, 1.54) is 12.8 Å². The Balaban J connectivity index is 1.46. The van der Waals surface area contributed by atoms with E-state index in [9.17, 15) is 4.79 Å². The number of benzene rings is 2. The summed E-state index contributed by atoms with van der Waals surface area (Å²) >= 11 is 0. The maximum absolute atomic E-state index is 13.4. The van der Waals surface area contributed by atoms with Crippen LogP contribution in [0.2, 0.25) is 18.1 Å². The third-order valence-corrected chi connectivity index (χ3v) is 12.7. The van der Waals surface area contributed by atoms with Gasteiger partial charge in [0.15, 0.2) is 0 Å². The second-order valence-electron chi connectivity index (χ2n) is 11.8. The topological polar surface area (TPSA) is 38.8 Å². The number of carbonyl (C=O) groups is 1. The highest BCUT2D eigenvalue weighted by Gasteiger charge is 2.41. The van der Waals surface area contributed by atoms with Gasteiger partial charge in [0, 0.05) is 12.1 Å². The van der Waals surface area contributed by atoms with Crippen molar-refractivity contribution < 1.29 is 14.0 Å². The molecule has 0 saturated carbocycles. The summed E-state index contributed by atoms with van der Waals surface area (Å²) in [5, 5.41) is 0.154. The number of ether oxygens (including phenoxy) is 1. The molecule has 2 aromatic rings. The number of nitrogens with zero attached hydrogens (tertiary/aromatic N) is 1. The van der Waals surface area contributed by atoms with Crippen molar-refractivity contribution in [3.63, 3.8) is 0 Å². The molecule has 2 aliphatic heterocycles. The number of carbonyl (C=O) groups excluding carboxylic acids is 1. The van der Waals surface area contributed by atoms with Crippen LogP contribution in [-0.4, -0.2) is 44.4 Å². The SMILES string of the molecule is CN1[C@@H]2CC[C@H]1C[C@H](OC(=O)C(Cc1ccc(O[Si](C)(C)C(C)(C)C)cc1)c1ccccc1)C2. The molecule has 0 radical (unpaired) electrons. The van der Waals surface area contributed by atoms with E-state index in [-0.39, 0.29) is 23.0 Å². The standard InChI is InChI=1S/C29H41NO3Si/c1-29(2,3)34(5,6)33-25-16-12-21(13-17-25)18-27(22-10-8-7-9-11-22)28(31)32-26-19-23-14-15-24(20-26)30(23)4/h7-13,16-17,23-24,26-27H,14-15,18-20H2,1-6H3/t23-,24+,26-,27?. The maximum Gasteiger partial charge on any atom is 0.314 e. The highest BCUT2D eigenvalue weighted by molar-refractivity contribution is 6.74. The van der Waals surface area contributed by atoms with E-state index in [1.54, 1.807) is 0 Å². The third kappa shape index (κ3) is 5.57. The molecule has 4 rings (SSSR count). The van der Waals surface area contributed by atoms with E-state index in [1.807, 2.05) is 30.3 Å². The van der Waals surface area contributed by atoms with Gasteiger partial charge in [-0.15, -0.1) is 0 Å². The smallest absolute Gasteiger partial charge is 0.314 e. The molecule has 0 spiro atoms. The van der Waals surface area contributed by atoms with Crippen LogP contribution in [0.1, 0.15) is 63.5 Å². The van der Waals surface area contributed by atoms with Gasteiger partial charge in [-0.2, -0.15) is 0 Å². The summed E-state index contributed by atoms with van der Waals surface area (Å²) in [5.74, 6) is 0.517. The lowest BCUT2D eigenvalue weighted by Crippen LogP contribution is -2.43. The van der Waals surface area contributed by atoms with Gasteiger partial charge in [0.2, 0.25) is 8.32 Å². The van der Waals surface area contributed by atoms with Crippen molar-refractivity contribution in [2.24, 2.45) is 0 Å². The van der Waals surface area contributed by atoms with Gasteiger partial charge in [0.05, 0.1) is 5.92 Å². The summed E-state index contributed by atoms with van der Waals surface area (Å²) in [6, 6.07) is 19.5. The highest BCUT2D eigenvalue weighted by atomic mass is 28.4. The first-order valence-electron chi connectivity index (χ1n) is 12.8. The molecule has 2 fully saturated rings.